The summed E-state index contributed by atoms with van der Waals surface area (Å²) in [6.45, 7) is 3.19. The SMILES string of the molecule is CC1CCCN1c1nc2ccccc2cc1C=O. The van der Waals surface area contributed by atoms with Gasteiger partial charge >= 0.3 is 0 Å². The van der Waals surface area contributed by atoms with E-state index < -0.39 is 0 Å². The zero-order chi connectivity index (χ0) is 12.5. The predicted molar refractivity (Wildman–Crippen MR) is 73.2 cm³/mol. The van der Waals surface area contributed by atoms with Gasteiger partial charge < -0.3 is 4.90 Å². The summed E-state index contributed by atoms with van der Waals surface area (Å²) in [7, 11) is 0. The second-order valence-corrected chi connectivity index (χ2v) is 4.90. The van der Waals surface area contributed by atoms with Crippen LogP contribution in [0.15, 0.2) is 30.3 Å². The molecule has 92 valence electrons. The normalized spacial score (nSPS) is 19.4. The van der Waals surface area contributed by atoms with Gasteiger partial charge in [0.1, 0.15) is 5.82 Å². The van der Waals surface area contributed by atoms with Gasteiger partial charge in [-0.15, -0.1) is 0 Å². The van der Waals surface area contributed by atoms with Gasteiger partial charge in [0.2, 0.25) is 0 Å². The molecule has 3 nitrogen and oxygen atoms in total. The number of para-hydroxylation sites is 1. The molecular formula is C15H16N2O. The zero-order valence-electron chi connectivity index (χ0n) is 10.5. The highest BCUT2D eigenvalue weighted by atomic mass is 16.1. The Morgan fingerprint density at radius 2 is 2.22 bits per heavy atom. The maximum Gasteiger partial charge on any atom is 0.153 e. The van der Waals surface area contributed by atoms with Crippen LogP contribution in [0, 0.1) is 0 Å². The third-order valence-corrected chi connectivity index (χ3v) is 3.68. The molecule has 18 heavy (non-hydrogen) atoms. The van der Waals surface area contributed by atoms with Crippen LogP contribution in [-0.2, 0) is 0 Å². The number of rotatable bonds is 2. The van der Waals surface area contributed by atoms with E-state index in [0.29, 0.717) is 11.6 Å². The van der Waals surface area contributed by atoms with Crippen molar-refractivity contribution in [3.63, 3.8) is 0 Å². The van der Waals surface area contributed by atoms with Gasteiger partial charge in [-0.05, 0) is 31.9 Å². The molecule has 1 unspecified atom stereocenters. The fourth-order valence-corrected chi connectivity index (χ4v) is 2.69. The zero-order valence-corrected chi connectivity index (χ0v) is 10.5. The van der Waals surface area contributed by atoms with Crippen LogP contribution in [0.25, 0.3) is 10.9 Å². The molecule has 1 aliphatic heterocycles. The highest BCUT2D eigenvalue weighted by Gasteiger charge is 2.24. The molecule has 2 heterocycles. The van der Waals surface area contributed by atoms with Gasteiger partial charge in [0.05, 0.1) is 11.1 Å². The summed E-state index contributed by atoms with van der Waals surface area (Å²) in [5.41, 5.74) is 1.65. The van der Waals surface area contributed by atoms with Crippen LogP contribution < -0.4 is 4.90 Å². The molecule has 1 aromatic carbocycles. The average Bonchev–Trinajstić information content (AvgIpc) is 2.83. The van der Waals surface area contributed by atoms with Crippen LogP contribution in [0.1, 0.15) is 30.1 Å². The van der Waals surface area contributed by atoms with Gasteiger partial charge in [0.15, 0.2) is 6.29 Å². The van der Waals surface area contributed by atoms with Crippen LogP contribution in [0.2, 0.25) is 0 Å². The van der Waals surface area contributed by atoms with Crippen molar-refractivity contribution < 1.29 is 4.79 Å². The standard InChI is InChI=1S/C15H16N2O/c1-11-5-4-8-17(11)15-13(10-18)9-12-6-2-3-7-14(12)16-15/h2-3,6-7,9-11H,4-5,8H2,1H3. The first-order valence-electron chi connectivity index (χ1n) is 6.41. The second-order valence-electron chi connectivity index (χ2n) is 4.90. The highest BCUT2D eigenvalue weighted by Crippen LogP contribution is 2.28. The lowest BCUT2D eigenvalue weighted by Crippen LogP contribution is -2.28. The first kappa shape index (κ1) is 11.2. The molecular weight excluding hydrogens is 224 g/mol. The molecule has 2 aromatic rings. The van der Waals surface area contributed by atoms with E-state index in [4.69, 9.17) is 0 Å². The number of hydrogen-bond donors (Lipinski definition) is 0. The minimum atomic E-state index is 0.470. The minimum Gasteiger partial charge on any atom is -0.353 e. The van der Waals surface area contributed by atoms with E-state index in [0.717, 1.165) is 29.6 Å². The van der Waals surface area contributed by atoms with Gasteiger partial charge in [-0.2, -0.15) is 0 Å². The van der Waals surface area contributed by atoms with Gasteiger partial charge in [-0.25, -0.2) is 4.98 Å². The Hall–Kier alpha value is -1.90. The van der Waals surface area contributed by atoms with Crippen molar-refractivity contribution in [2.45, 2.75) is 25.8 Å². The molecule has 0 amide bonds. The van der Waals surface area contributed by atoms with E-state index in [2.05, 4.69) is 16.8 Å². The Bertz CT molecular complexity index is 594. The molecule has 3 heteroatoms. The Kier molecular flexibility index (Phi) is 2.74. The van der Waals surface area contributed by atoms with E-state index in [1.807, 2.05) is 30.3 Å². The van der Waals surface area contributed by atoms with E-state index in [9.17, 15) is 4.79 Å². The fourth-order valence-electron chi connectivity index (χ4n) is 2.69. The fraction of sp³-hybridized carbons (Fsp3) is 0.333. The maximum atomic E-state index is 11.3. The van der Waals surface area contributed by atoms with Crippen LogP contribution in [0.4, 0.5) is 5.82 Å². The Morgan fingerprint density at radius 1 is 1.39 bits per heavy atom. The number of aromatic nitrogens is 1. The van der Waals surface area contributed by atoms with Crippen LogP contribution in [0.5, 0.6) is 0 Å². The molecule has 1 atom stereocenters. The minimum absolute atomic E-state index is 0.470. The summed E-state index contributed by atoms with van der Waals surface area (Å²) < 4.78 is 0. The Labute approximate surface area is 106 Å². The van der Waals surface area contributed by atoms with Crippen LogP contribution in [0.3, 0.4) is 0 Å². The summed E-state index contributed by atoms with van der Waals surface area (Å²) in [4.78, 5) is 18.2. The van der Waals surface area contributed by atoms with Gasteiger partial charge in [-0.1, -0.05) is 18.2 Å². The number of hydrogen-bond acceptors (Lipinski definition) is 3. The largest absolute Gasteiger partial charge is 0.353 e. The molecule has 0 aliphatic carbocycles. The summed E-state index contributed by atoms with van der Waals surface area (Å²) in [6, 6.07) is 10.3. The second kappa shape index (κ2) is 4.41. The van der Waals surface area contributed by atoms with Crippen molar-refractivity contribution >= 4 is 23.0 Å². The Morgan fingerprint density at radius 3 is 2.94 bits per heavy atom. The van der Waals surface area contributed by atoms with Crippen molar-refractivity contribution in [3.8, 4) is 0 Å². The smallest absolute Gasteiger partial charge is 0.153 e. The highest BCUT2D eigenvalue weighted by molar-refractivity contribution is 5.91. The number of carbonyl (C=O) groups is 1. The van der Waals surface area contributed by atoms with E-state index in [-0.39, 0.29) is 0 Å². The average molecular weight is 240 g/mol. The van der Waals surface area contributed by atoms with E-state index >= 15 is 0 Å². The van der Waals surface area contributed by atoms with E-state index in [1.54, 1.807) is 0 Å². The molecule has 1 saturated heterocycles. The number of anilines is 1. The number of benzene rings is 1. The number of aldehydes is 1. The van der Waals surface area contributed by atoms with Gasteiger partial charge in [0, 0.05) is 18.0 Å². The maximum absolute atomic E-state index is 11.3. The van der Waals surface area contributed by atoms with Gasteiger partial charge in [-0.3, -0.25) is 4.79 Å². The topological polar surface area (TPSA) is 33.2 Å². The van der Waals surface area contributed by atoms with Crippen molar-refractivity contribution in [2.75, 3.05) is 11.4 Å². The molecule has 0 saturated carbocycles. The van der Waals surface area contributed by atoms with Crippen molar-refractivity contribution in [1.82, 2.24) is 4.98 Å². The summed E-state index contributed by atoms with van der Waals surface area (Å²) >= 11 is 0. The predicted octanol–water partition coefficient (Wildman–Crippen LogP) is 3.04. The van der Waals surface area contributed by atoms with Crippen LogP contribution in [-0.4, -0.2) is 23.9 Å². The molecule has 0 radical (unpaired) electrons. The third kappa shape index (κ3) is 1.76. The van der Waals surface area contributed by atoms with Crippen molar-refractivity contribution in [1.29, 1.82) is 0 Å². The van der Waals surface area contributed by atoms with Crippen molar-refractivity contribution in [3.05, 3.63) is 35.9 Å². The summed E-state index contributed by atoms with van der Waals surface area (Å²) in [5, 5.41) is 1.02. The lowest BCUT2D eigenvalue weighted by Gasteiger charge is -2.24. The molecule has 1 fully saturated rings. The molecule has 0 N–H and O–H groups in total. The molecule has 1 aliphatic rings. The lowest BCUT2D eigenvalue weighted by molar-refractivity contribution is 0.112. The quantitative estimate of drug-likeness (QED) is 0.756. The number of fused-ring (bicyclic) bond motifs is 1. The summed E-state index contributed by atoms with van der Waals surface area (Å²) in [6.07, 6.45) is 3.26. The Balaban J connectivity index is 2.17. The third-order valence-electron chi connectivity index (χ3n) is 3.68. The lowest BCUT2D eigenvalue weighted by atomic mass is 10.1. The monoisotopic (exact) mass is 240 g/mol. The van der Waals surface area contributed by atoms with Crippen LogP contribution >= 0.6 is 0 Å². The first-order valence-corrected chi connectivity index (χ1v) is 6.41. The first-order chi connectivity index (χ1) is 8.79. The summed E-state index contributed by atoms with van der Waals surface area (Å²) in [5.74, 6) is 0.841. The number of nitrogens with zero attached hydrogens (tertiary/aromatic N) is 2. The molecule has 3 rings (SSSR count). The van der Waals surface area contributed by atoms with Crippen molar-refractivity contribution in [2.24, 2.45) is 0 Å². The number of pyridine rings is 1. The molecule has 1 aromatic heterocycles. The molecule has 0 bridgehead atoms. The van der Waals surface area contributed by atoms with Gasteiger partial charge in [0.25, 0.3) is 0 Å². The van der Waals surface area contributed by atoms with E-state index in [1.165, 1.54) is 12.8 Å². The number of carbonyl (C=O) groups excluding carboxylic acids is 1. The molecule has 0 spiro atoms.